The first-order chi connectivity index (χ1) is 10.4. The molecule has 0 aliphatic carbocycles. The van der Waals surface area contributed by atoms with Crippen LogP contribution in [0.15, 0.2) is 40.9 Å². The summed E-state index contributed by atoms with van der Waals surface area (Å²) in [6.07, 6.45) is 0. The molecule has 0 N–H and O–H groups in total. The van der Waals surface area contributed by atoms with Crippen molar-refractivity contribution in [1.29, 1.82) is 0 Å². The van der Waals surface area contributed by atoms with Gasteiger partial charge in [0.15, 0.2) is 0 Å². The molecule has 2 aromatic rings. The Morgan fingerprint density at radius 3 is 2.41 bits per heavy atom. The SMILES string of the molecule is COC(=O)C(C)c1ccc(Oc2cc(C)cc(Br)c2)cc1C. The van der Waals surface area contributed by atoms with Crippen molar-refractivity contribution in [2.24, 2.45) is 0 Å². The first kappa shape index (κ1) is 16.6. The standard InChI is InChI=1S/C18H19BrO3/c1-11-7-14(19)10-16(8-11)22-15-5-6-17(12(2)9-15)13(3)18(20)21-4/h5-10,13H,1-4H3. The molecule has 0 aromatic heterocycles. The summed E-state index contributed by atoms with van der Waals surface area (Å²) in [5.41, 5.74) is 3.07. The van der Waals surface area contributed by atoms with Crippen LogP contribution < -0.4 is 4.74 Å². The smallest absolute Gasteiger partial charge is 0.312 e. The first-order valence-corrected chi connectivity index (χ1v) is 7.83. The molecular formula is C18H19BrO3. The summed E-state index contributed by atoms with van der Waals surface area (Å²) in [6, 6.07) is 11.7. The summed E-state index contributed by atoms with van der Waals surface area (Å²) in [5.74, 6) is 1.00. The number of carbonyl (C=O) groups is 1. The zero-order valence-electron chi connectivity index (χ0n) is 13.1. The van der Waals surface area contributed by atoms with Crippen molar-refractivity contribution < 1.29 is 14.3 Å². The Kier molecular flexibility index (Phi) is 5.24. The molecule has 4 heteroatoms. The van der Waals surface area contributed by atoms with Gasteiger partial charge in [-0.1, -0.05) is 22.0 Å². The molecule has 1 unspecified atom stereocenters. The monoisotopic (exact) mass is 362 g/mol. The topological polar surface area (TPSA) is 35.5 Å². The number of hydrogen-bond donors (Lipinski definition) is 0. The Hall–Kier alpha value is -1.81. The van der Waals surface area contributed by atoms with Crippen molar-refractivity contribution in [2.75, 3.05) is 7.11 Å². The summed E-state index contributed by atoms with van der Waals surface area (Å²) in [5, 5.41) is 0. The minimum Gasteiger partial charge on any atom is -0.469 e. The Labute approximate surface area is 139 Å². The quantitative estimate of drug-likeness (QED) is 0.706. The Balaban J connectivity index is 2.24. The summed E-state index contributed by atoms with van der Waals surface area (Å²) < 4.78 is 11.7. The van der Waals surface area contributed by atoms with E-state index in [-0.39, 0.29) is 11.9 Å². The minimum atomic E-state index is -0.285. The normalized spacial score (nSPS) is 11.9. The third-order valence-corrected chi connectivity index (χ3v) is 3.97. The third kappa shape index (κ3) is 3.89. The van der Waals surface area contributed by atoms with E-state index in [2.05, 4.69) is 15.9 Å². The van der Waals surface area contributed by atoms with E-state index in [0.29, 0.717) is 0 Å². The van der Waals surface area contributed by atoms with Crippen LogP contribution in [0.5, 0.6) is 11.5 Å². The van der Waals surface area contributed by atoms with Crippen molar-refractivity contribution in [1.82, 2.24) is 0 Å². The molecule has 0 aliphatic rings. The largest absolute Gasteiger partial charge is 0.469 e. The number of halogens is 1. The van der Waals surface area contributed by atoms with Gasteiger partial charge in [0.2, 0.25) is 0 Å². The summed E-state index contributed by atoms with van der Waals surface area (Å²) in [4.78, 5) is 11.7. The van der Waals surface area contributed by atoms with Crippen molar-refractivity contribution in [3.63, 3.8) is 0 Å². The summed E-state index contributed by atoms with van der Waals surface area (Å²) >= 11 is 3.46. The van der Waals surface area contributed by atoms with E-state index in [0.717, 1.165) is 32.7 Å². The highest BCUT2D eigenvalue weighted by molar-refractivity contribution is 9.10. The molecule has 3 nitrogen and oxygen atoms in total. The van der Waals surface area contributed by atoms with Crippen LogP contribution in [0.3, 0.4) is 0 Å². The van der Waals surface area contributed by atoms with E-state index in [1.165, 1.54) is 7.11 Å². The maximum Gasteiger partial charge on any atom is 0.312 e. The zero-order chi connectivity index (χ0) is 16.3. The van der Waals surface area contributed by atoms with Crippen LogP contribution in [-0.4, -0.2) is 13.1 Å². The Bertz CT molecular complexity index is 674. The van der Waals surface area contributed by atoms with Gasteiger partial charge in [-0.15, -0.1) is 0 Å². The Morgan fingerprint density at radius 1 is 1.09 bits per heavy atom. The number of benzene rings is 2. The third-order valence-electron chi connectivity index (χ3n) is 3.51. The highest BCUT2D eigenvalue weighted by Crippen LogP contribution is 2.29. The molecule has 0 fully saturated rings. The van der Waals surface area contributed by atoms with E-state index >= 15 is 0 Å². The van der Waals surface area contributed by atoms with Crippen LogP contribution in [0.1, 0.15) is 29.5 Å². The van der Waals surface area contributed by atoms with Crippen LogP contribution in [0.25, 0.3) is 0 Å². The second-order valence-electron chi connectivity index (χ2n) is 5.33. The Morgan fingerprint density at radius 2 is 1.82 bits per heavy atom. The number of carbonyl (C=O) groups excluding carboxylic acids is 1. The predicted molar refractivity (Wildman–Crippen MR) is 90.6 cm³/mol. The van der Waals surface area contributed by atoms with Crippen LogP contribution in [0.2, 0.25) is 0 Å². The van der Waals surface area contributed by atoms with E-state index < -0.39 is 0 Å². The lowest BCUT2D eigenvalue weighted by molar-refractivity contribution is -0.142. The molecule has 0 saturated carbocycles. The maximum absolute atomic E-state index is 11.7. The second kappa shape index (κ2) is 6.97. The molecule has 2 rings (SSSR count). The molecule has 0 heterocycles. The zero-order valence-corrected chi connectivity index (χ0v) is 14.7. The van der Waals surface area contributed by atoms with E-state index in [1.807, 2.05) is 57.2 Å². The number of ether oxygens (including phenoxy) is 2. The maximum atomic E-state index is 11.7. The van der Waals surface area contributed by atoms with Crippen molar-refractivity contribution >= 4 is 21.9 Å². The fourth-order valence-corrected chi connectivity index (χ4v) is 2.99. The molecule has 2 aromatic carbocycles. The fraction of sp³-hybridized carbons (Fsp3) is 0.278. The van der Waals surface area contributed by atoms with Gasteiger partial charge in [-0.3, -0.25) is 4.79 Å². The number of methoxy groups -OCH3 is 1. The van der Waals surface area contributed by atoms with Crippen molar-refractivity contribution in [3.8, 4) is 11.5 Å². The first-order valence-electron chi connectivity index (χ1n) is 7.04. The lowest BCUT2D eigenvalue weighted by Gasteiger charge is -2.14. The second-order valence-corrected chi connectivity index (χ2v) is 6.25. The average molecular weight is 363 g/mol. The van der Waals surface area contributed by atoms with Crippen molar-refractivity contribution in [3.05, 3.63) is 57.6 Å². The van der Waals surface area contributed by atoms with Crippen molar-refractivity contribution in [2.45, 2.75) is 26.7 Å². The van der Waals surface area contributed by atoms with Gasteiger partial charge in [0.05, 0.1) is 13.0 Å². The number of rotatable bonds is 4. The van der Waals surface area contributed by atoms with Gasteiger partial charge in [-0.2, -0.15) is 0 Å². The van der Waals surface area contributed by atoms with Crippen LogP contribution in [0.4, 0.5) is 0 Å². The van der Waals surface area contributed by atoms with Gasteiger partial charge in [0, 0.05) is 4.47 Å². The molecule has 0 saturated heterocycles. The number of esters is 1. The highest BCUT2D eigenvalue weighted by atomic mass is 79.9. The molecule has 116 valence electrons. The van der Waals surface area contributed by atoms with Crippen LogP contribution in [0, 0.1) is 13.8 Å². The fourth-order valence-electron chi connectivity index (χ4n) is 2.40. The molecule has 22 heavy (non-hydrogen) atoms. The molecule has 0 aliphatic heterocycles. The van der Waals surface area contributed by atoms with E-state index in [1.54, 1.807) is 0 Å². The minimum absolute atomic E-state index is 0.237. The number of hydrogen-bond acceptors (Lipinski definition) is 3. The van der Waals surface area contributed by atoms with Gasteiger partial charge in [0.25, 0.3) is 0 Å². The van der Waals surface area contributed by atoms with Crippen LogP contribution in [-0.2, 0) is 9.53 Å². The lowest BCUT2D eigenvalue weighted by atomic mass is 9.96. The predicted octanol–water partition coefficient (Wildman–Crippen LogP) is 5.13. The van der Waals surface area contributed by atoms with Gasteiger partial charge in [-0.05, 0) is 67.8 Å². The van der Waals surface area contributed by atoms with Gasteiger partial charge < -0.3 is 9.47 Å². The summed E-state index contributed by atoms with van der Waals surface area (Å²) in [6.45, 7) is 5.82. The molecular weight excluding hydrogens is 344 g/mol. The molecule has 0 amide bonds. The van der Waals surface area contributed by atoms with Gasteiger partial charge in [0.1, 0.15) is 11.5 Å². The highest BCUT2D eigenvalue weighted by Gasteiger charge is 2.17. The molecule has 0 radical (unpaired) electrons. The number of aryl methyl sites for hydroxylation is 2. The van der Waals surface area contributed by atoms with Gasteiger partial charge >= 0.3 is 5.97 Å². The average Bonchev–Trinajstić information content (AvgIpc) is 2.44. The van der Waals surface area contributed by atoms with E-state index in [9.17, 15) is 4.79 Å². The summed E-state index contributed by atoms with van der Waals surface area (Å²) in [7, 11) is 1.40. The molecule has 1 atom stereocenters. The lowest BCUT2D eigenvalue weighted by Crippen LogP contribution is -2.11. The van der Waals surface area contributed by atoms with E-state index in [4.69, 9.17) is 9.47 Å². The molecule has 0 bridgehead atoms. The van der Waals surface area contributed by atoms with Crippen LogP contribution >= 0.6 is 15.9 Å². The van der Waals surface area contributed by atoms with Gasteiger partial charge in [-0.25, -0.2) is 0 Å². The molecule has 0 spiro atoms.